The first-order valence-corrected chi connectivity index (χ1v) is 6.47. The van der Waals surface area contributed by atoms with Gasteiger partial charge in [-0.05, 0) is 12.8 Å². The molecule has 2 rings (SSSR count). The second-order valence-corrected chi connectivity index (χ2v) is 4.60. The van der Waals surface area contributed by atoms with Crippen LogP contribution in [0.1, 0.15) is 25.0 Å². The zero-order valence-corrected chi connectivity index (χ0v) is 11.4. The van der Waals surface area contributed by atoms with Gasteiger partial charge in [0.05, 0.1) is 20.3 Å². The van der Waals surface area contributed by atoms with Crippen LogP contribution < -0.4 is 9.47 Å². The summed E-state index contributed by atoms with van der Waals surface area (Å²) in [6.45, 7) is 1.48. The largest absolute Gasteiger partial charge is 0.493 e. The Morgan fingerprint density at radius 3 is 2.79 bits per heavy atom. The average molecular weight is 261 g/mol. The van der Waals surface area contributed by atoms with Crippen molar-refractivity contribution in [3.05, 3.63) is 18.0 Å². The molecule has 1 aromatic rings. The third-order valence-electron chi connectivity index (χ3n) is 3.29. The van der Waals surface area contributed by atoms with E-state index in [0.29, 0.717) is 30.5 Å². The van der Waals surface area contributed by atoms with Crippen molar-refractivity contribution in [2.24, 2.45) is 0 Å². The monoisotopic (exact) mass is 261 g/mol. The van der Waals surface area contributed by atoms with Crippen LogP contribution >= 0.6 is 0 Å². The number of pyridine rings is 1. The fraction of sp³-hybridized carbons (Fsp3) is 0.571. The number of ether oxygens (including phenoxy) is 2. The molecule has 5 nitrogen and oxygen atoms in total. The van der Waals surface area contributed by atoms with E-state index in [0.717, 1.165) is 12.2 Å². The van der Waals surface area contributed by atoms with Gasteiger partial charge in [0.2, 0.25) is 0 Å². The predicted molar refractivity (Wildman–Crippen MR) is 71.0 cm³/mol. The van der Waals surface area contributed by atoms with Crippen molar-refractivity contribution in [3.8, 4) is 17.6 Å². The van der Waals surface area contributed by atoms with Crippen molar-refractivity contribution in [3.63, 3.8) is 0 Å². The molecule has 1 saturated carbocycles. The lowest BCUT2D eigenvalue weighted by molar-refractivity contribution is 0.250. The molecule has 0 N–H and O–H groups in total. The molecule has 0 amide bonds. The minimum Gasteiger partial charge on any atom is -0.493 e. The molecule has 0 saturated heterocycles. The van der Waals surface area contributed by atoms with Crippen LogP contribution in [0.4, 0.5) is 0 Å². The van der Waals surface area contributed by atoms with Crippen molar-refractivity contribution >= 4 is 0 Å². The third kappa shape index (κ3) is 3.36. The van der Waals surface area contributed by atoms with E-state index in [1.54, 1.807) is 26.5 Å². The zero-order valence-electron chi connectivity index (χ0n) is 11.4. The molecule has 102 valence electrons. The van der Waals surface area contributed by atoms with Crippen LogP contribution in [0.3, 0.4) is 0 Å². The summed E-state index contributed by atoms with van der Waals surface area (Å²) in [5.41, 5.74) is 0.867. The topological polar surface area (TPSA) is 58.4 Å². The molecular formula is C14H19N3O2. The Kier molecular flexibility index (Phi) is 4.58. The molecule has 1 aliphatic rings. The van der Waals surface area contributed by atoms with E-state index in [4.69, 9.17) is 14.7 Å². The summed E-state index contributed by atoms with van der Waals surface area (Å²) >= 11 is 0. The zero-order chi connectivity index (χ0) is 13.7. The van der Waals surface area contributed by atoms with Crippen molar-refractivity contribution in [2.75, 3.05) is 20.8 Å². The van der Waals surface area contributed by atoms with Gasteiger partial charge in [-0.25, -0.2) is 0 Å². The summed E-state index contributed by atoms with van der Waals surface area (Å²) in [6, 6.07) is 4.58. The SMILES string of the molecule is COc1ccnc(CN(CCC#N)C2CC2)c1OC. The summed E-state index contributed by atoms with van der Waals surface area (Å²) in [7, 11) is 3.25. The Labute approximate surface area is 113 Å². The third-order valence-corrected chi connectivity index (χ3v) is 3.29. The predicted octanol–water partition coefficient (Wildman–Crippen LogP) is 1.98. The van der Waals surface area contributed by atoms with Crippen LogP contribution in [-0.2, 0) is 6.54 Å². The molecule has 0 aliphatic heterocycles. The van der Waals surface area contributed by atoms with Gasteiger partial charge in [-0.3, -0.25) is 9.88 Å². The highest BCUT2D eigenvalue weighted by Crippen LogP contribution is 2.33. The fourth-order valence-electron chi connectivity index (χ4n) is 2.18. The molecule has 0 radical (unpaired) electrons. The van der Waals surface area contributed by atoms with Gasteiger partial charge in [-0.2, -0.15) is 5.26 Å². The van der Waals surface area contributed by atoms with Gasteiger partial charge in [0.15, 0.2) is 11.5 Å². The molecule has 0 unspecified atom stereocenters. The first kappa shape index (κ1) is 13.6. The number of rotatable bonds is 7. The van der Waals surface area contributed by atoms with Gasteiger partial charge in [-0.1, -0.05) is 0 Å². The Hall–Kier alpha value is -1.80. The maximum atomic E-state index is 8.73. The quantitative estimate of drug-likeness (QED) is 0.751. The van der Waals surface area contributed by atoms with E-state index in [1.807, 2.05) is 0 Å². The molecule has 0 atom stereocenters. The van der Waals surface area contributed by atoms with Crippen LogP contribution in [-0.4, -0.2) is 36.7 Å². The minimum atomic E-state index is 0.544. The molecular weight excluding hydrogens is 242 g/mol. The molecule has 5 heteroatoms. The molecule has 0 spiro atoms. The Balaban J connectivity index is 2.14. The Morgan fingerprint density at radius 1 is 1.42 bits per heavy atom. The van der Waals surface area contributed by atoms with E-state index in [-0.39, 0.29) is 0 Å². The summed E-state index contributed by atoms with van der Waals surface area (Å²) in [4.78, 5) is 6.69. The van der Waals surface area contributed by atoms with Crippen molar-refractivity contribution in [1.82, 2.24) is 9.88 Å². The van der Waals surface area contributed by atoms with Crippen molar-refractivity contribution < 1.29 is 9.47 Å². The number of hydrogen-bond donors (Lipinski definition) is 0. The van der Waals surface area contributed by atoms with E-state index in [1.165, 1.54) is 12.8 Å². The first-order chi connectivity index (χ1) is 9.30. The summed E-state index contributed by atoms with van der Waals surface area (Å²) in [5.74, 6) is 1.39. The van der Waals surface area contributed by atoms with Gasteiger partial charge in [0.25, 0.3) is 0 Å². The normalized spacial score (nSPS) is 14.2. The van der Waals surface area contributed by atoms with Gasteiger partial charge in [0.1, 0.15) is 5.69 Å². The number of nitrogens with zero attached hydrogens (tertiary/aromatic N) is 3. The molecule has 1 aliphatic carbocycles. The molecule has 1 fully saturated rings. The molecule has 0 aromatic carbocycles. The smallest absolute Gasteiger partial charge is 0.183 e. The second-order valence-electron chi connectivity index (χ2n) is 4.60. The number of nitriles is 1. The maximum Gasteiger partial charge on any atom is 0.183 e. The van der Waals surface area contributed by atoms with Crippen LogP contribution in [0.15, 0.2) is 12.3 Å². The van der Waals surface area contributed by atoms with Crippen LogP contribution in [0.25, 0.3) is 0 Å². The van der Waals surface area contributed by atoms with E-state index in [9.17, 15) is 0 Å². The Bertz CT molecular complexity index is 466. The van der Waals surface area contributed by atoms with E-state index < -0.39 is 0 Å². The lowest BCUT2D eigenvalue weighted by Gasteiger charge is -2.21. The number of aromatic nitrogens is 1. The molecule has 0 bridgehead atoms. The van der Waals surface area contributed by atoms with Crippen LogP contribution in [0.2, 0.25) is 0 Å². The maximum absolute atomic E-state index is 8.73. The van der Waals surface area contributed by atoms with Crippen molar-refractivity contribution in [2.45, 2.75) is 31.8 Å². The Morgan fingerprint density at radius 2 is 2.21 bits per heavy atom. The molecule has 1 aromatic heterocycles. The summed E-state index contributed by atoms with van der Waals surface area (Å²) < 4.78 is 10.7. The molecule has 1 heterocycles. The fourth-order valence-corrected chi connectivity index (χ4v) is 2.18. The summed E-state index contributed by atoms with van der Waals surface area (Å²) in [5, 5.41) is 8.73. The highest BCUT2D eigenvalue weighted by atomic mass is 16.5. The second kappa shape index (κ2) is 6.39. The first-order valence-electron chi connectivity index (χ1n) is 6.47. The highest BCUT2D eigenvalue weighted by Gasteiger charge is 2.29. The standard InChI is InChI=1S/C14H19N3O2/c1-18-13-6-8-16-12(14(13)19-2)10-17(9-3-7-15)11-4-5-11/h6,8,11H,3-5,9-10H2,1-2H3. The van der Waals surface area contributed by atoms with Crippen LogP contribution in [0, 0.1) is 11.3 Å². The van der Waals surface area contributed by atoms with Gasteiger partial charge in [0, 0.05) is 37.8 Å². The average Bonchev–Trinajstić information content (AvgIpc) is 3.27. The van der Waals surface area contributed by atoms with Crippen molar-refractivity contribution in [1.29, 1.82) is 5.26 Å². The number of methoxy groups -OCH3 is 2. The highest BCUT2D eigenvalue weighted by molar-refractivity contribution is 5.42. The van der Waals surface area contributed by atoms with Gasteiger partial charge >= 0.3 is 0 Å². The minimum absolute atomic E-state index is 0.544. The summed E-state index contributed by atoms with van der Waals surface area (Å²) in [6.07, 6.45) is 4.68. The lowest BCUT2D eigenvalue weighted by Crippen LogP contribution is -2.27. The lowest BCUT2D eigenvalue weighted by atomic mass is 10.2. The van der Waals surface area contributed by atoms with Crippen LogP contribution in [0.5, 0.6) is 11.5 Å². The van der Waals surface area contributed by atoms with E-state index in [2.05, 4.69) is 16.0 Å². The molecule has 19 heavy (non-hydrogen) atoms. The van der Waals surface area contributed by atoms with Gasteiger partial charge < -0.3 is 9.47 Å². The van der Waals surface area contributed by atoms with Gasteiger partial charge in [-0.15, -0.1) is 0 Å². The van der Waals surface area contributed by atoms with E-state index >= 15 is 0 Å². The number of hydrogen-bond acceptors (Lipinski definition) is 5.